The summed E-state index contributed by atoms with van der Waals surface area (Å²) >= 11 is 1.54. The Kier molecular flexibility index (Phi) is 9.63. The number of aliphatic hydroxyl groups excluding tert-OH is 1. The van der Waals surface area contributed by atoms with Crippen molar-refractivity contribution >= 4 is 17.8 Å². The molecule has 214 valence electrons. The van der Waals surface area contributed by atoms with Gasteiger partial charge < -0.3 is 25.2 Å². The number of hydrogen-bond donors (Lipinski definition) is 3. The molecule has 10 nitrogen and oxygen atoms in total. The van der Waals surface area contributed by atoms with Gasteiger partial charge in [0.25, 0.3) is 0 Å². The van der Waals surface area contributed by atoms with Crippen molar-refractivity contribution in [1.82, 2.24) is 30.8 Å². The molecule has 5 rings (SSSR count). The van der Waals surface area contributed by atoms with E-state index in [9.17, 15) is 9.90 Å². The fourth-order valence-corrected chi connectivity index (χ4v) is 5.77. The van der Waals surface area contributed by atoms with Crippen LogP contribution in [0.1, 0.15) is 53.1 Å². The molecule has 4 aromatic rings. The Morgan fingerprint density at radius 3 is 2.29 bits per heavy atom. The van der Waals surface area contributed by atoms with Crippen LogP contribution in [0.3, 0.4) is 0 Å². The van der Waals surface area contributed by atoms with Crippen molar-refractivity contribution in [3.05, 3.63) is 107 Å². The summed E-state index contributed by atoms with van der Waals surface area (Å²) in [6.45, 7) is 2.85. The maximum Gasteiger partial charge on any atom is 0.315 e. The third-order valence-electron chi connectivity index (χ3n) is 6.97. The van der Waals surface area contributed by atoms with E-state index in [0.717, 1.165) is 27.8 Å². The average molecular weight is 575 g/mol. The van der Waals surface area contributed by atoms with Gasteiger partial charge in [0.1, 0.15) is 0 Å². The lowest BCUT2D eigenvalue weighted by Gasteiger charge is -2.43. The third kappa shape index (κ3) is 7.12. The minimum atomic E-state index is -0.619. The molecule has 1 fully saturated rings. The largest absolute Gasteiger partial charge is 0.392 e. The predicted molar refractivity (Wildman–Crippen MR) is 155 cm³/mol. The number of tetrazole rings is 1. The van der Waals surface area contributed by atoms with E-state index in [1.54, 1.807) is 16.4 Å². The van der Waals surface area contributed by atoms with Crippen molar-refractivity contribution in [2.45, 2.75) is 49.6 Å². The van der Waals surface area contributed by atoms with E-state index in [4.69, 9.17) is 9.47 Å². The van der Waals surface area contributed by atoms with E-state index in [1.807, 2.05) is 80.7 Å². The van der Waals surface area contributed by atoms with Gasteiger partial charge in [-0.15, -0.1) is 5.10 Å². The summed E-state index contributed by atoms with van der Waals surface area (Å²) in [4.78, 5) is 11.8. The molecule has 1 saturated heterocycles. The summed E-state index contributed by atoms with van der Waals surface area (Å²) in [6.07, 6.45) is -1.17. The van der Waals surface area contributed by atoms with E-state index in [2.05, 4.69) is 38.3 Å². The Labute approximate surface area is 243 Å². The SMILES string of the molecule is CCNC(=O)NCc1ccc(C2O[C@H](CSc3nnnn3C)[C@@H](c3ccccc3)[C@H](c3ccc(CO)cc3)O2)cc1. The Hall–Kier alpha value is -3.77. The van der Waals surface area contributed by atoms with Crippen LogP contribution >= 0.6 is 11.8 Å². The number of rotatable bonds is 10. The van der Waals surface area contributed by atoms with Crippen LogP contribution in [0.4, 0.5) is 4.79 Å². The van der Waals surface area contributed by atoms with Crippen LogP contribution < -0.4 is 10.6 Å². The molecule has 1 aliphatic rings. The molecule has 0 bridgehead atoms. The minimum Gasteiger partial charge on any atom is -0.392 e. The van der Waals surface area contributed by atoms with Crippen LogP contribution in [0.5, 0.6) is 0 Å². The van der Waals surface area contributed by atoms with Gasteiger partial charge in [-0.2, -0.15) is 0 Å². The van der Waals surface area contributed by atoms with Crippen molar-refractivity contribution in [1.29, 1.82) is 0 Å². The molecule has 2 amide bonds. The van der Waals surface area contributed by atoms with Crippen LogP contribution in [0.2, 0.25) is 0 Å². The number of carbonyl (C=O) groups excluding carboxylic acids is 1. The molecule has 0 spiro atoms. The number of hydrogen-bond acceptors (Lipinski definition) is 8. The molecule has 2 heterocycles. The van der Waals surface area contributed by atoms with Gasteiger partial charge in [0, 0.05) is 37.4 Å². The van der Waals surface area contributed by atoms with Gasteiger partial charge in [-0.05, 0) is 39.6 Å². The van der Waals surface area contributed by atoms with E-state index < -0.39 is 6.29 Å². The zero-order chi connectivity index (χ0) is 28.6. The van der Waals surface area contributed by atoms with Crippen LogP contribution in [-0.2, 0) is 29.7 Å². The highest BCUT2D eigenvalue weighted by Gasteiger charge is 2.42. The smallest absolute Gasteiger partial charge is 0.315 e. The number of urea groups is 1. The standard InChI is InChI=1S/C30H34N6O4S/c1-3-31-29(38)32-17-20-9-15-24(16-10-20)28-39-25(19-41-30-33-34-35-36(30)2)26(22-7-5-4-6-8-22)27(40-28)23-13-11-21(18-37)12-14-23/h4-16,25-28,37H,3,17-19H2,1-2H3,(H2,31,32,38)/t25-,26-,27+,28?/m1/s1. The topological polar surface area (TPSA) is 123 Å². The maximum absolute atomic E-state index is 11.8. The molecule has 4 atom stereocenters. The number of ether oxygens (including phenoxy) is 2. The molecule has 0 radical (unpaired) electrons. The lowest BCUT2D eigenvalue weighted by molar-refractivity contribution is -0.255. The molecular formula is C30H34N6O4S. The first-order valence-electron chi connectivity index (χ1n) is 13.6. The van der Waals surface area contributed by atoms with Gasteiger partial charge in [0.05, 0.1) is 18.8 Å². The van der Waals surface area contributed by atoms with E-state index in [-0.39, 0.29) is 30.8 Å². The highest BCUT2D eigenvalue weighted by atomic mass is 32.2. The number of aliphatic hydroxyl groups is 1. The molecule has 11 heteroatoms. The number of thioether (sulfide) groups is 1. The highest BCUT2D eigenvalue weighted by molar-refractivity contribution is 7.99. The second-order valence-corrected chi connectivity index (χ2v) is 10.7. The Bertz CT molecular complexity index is 1400. The number of nitrogens with zero attached hydrogens (tertiary/aromatic N) is 4. The first-order valence-corrected chi connectivity index (χ1v) is 14.6. The van der Waals surface area contributed by atoms with Crippen LogP contribution in [0.15, 0.2) is 84.0 Å². The average Bonchev–Trinajstić information content (AvgIpc) is 3.43. The van der Waals surface area contributed by atoms with Crippen molar-refractivity contribution in [2.24, 2.45) is 7.05 Å². The summed E-state index contributed by atoms with van der Waals surface area (Å²) in [5.41, 5.74) is 4.80. The van der Waals surface area contributed by atoms with Gasteiger partial charge in [0.15, 0.2) is 6.29 Å². The molecule has 0 aliphatic carbocycles. The third-order valence-corrected chi connectivity index (χ3v) is 8.07. The highest BCUT2D eigenvalue weighted by Crippen LogP contribution is 2.47. The number of aromatic nitrogens is 4. The number of carbonyl (C=O) groups is 1. The normalized spacial score (nSPS) is 20.5. The van der Waals surface area contributed by atoms with Crippen molar-refractivity contribution in [2.75, 3.05) is 12.3 Å². The Balaban J connectivity index is 1.45. The zero-order valence-corrected chi connectivity index (χ0v) is 23.8. The molecular weight excluding hydrogens is 540 g/mol. The van der Waals surface area contributed by atoms with Gasteiger partial charge >= 0.3 is 6.03 Å². The molecule has 3 N–H and O–H groups in total. The first-order chi connectivity index (χ1) is 20.1. The summed E-state index contributed by atoms with van der Waals surface area (Å²) in [5.74, 6) is 0.495. The van der Waals surface area contributed by atoms with Crippen molar-refractivity contribution < 1.29 is 19.4 Å². The second kappa shape index (κ2) is 13.7. The lowest BCUT2D eigenvalue weighted by Crippen LogP contribution is -2.38. The van der Waals surface area contributed by atoms with Gasteiger partial charge in [-0.1, -0.05) is 90.6 Å². The molecule has 1 aromatic heterocycles. The fourth-order valence-electron chi connectivity index (χ4n) is 4.85. The first kappa shape index (κ1) is 28.7. The van der Waals surface area contributed by atoms with E-state index in [1.165, 1.54) is 0 Å². The zero-order valence-electron chi connectivity index (χ0n) is 23.0. The minimum absolute atomic E-state index is 0.0219. The summed E-state index contributed by atoms with van der Waals surface area (Å²) < 4.78 is 15.1. The number of nitrogens with one attached hydrogen (secondary N) is 2. The lowest BCUT2D eigenvalue weighted by atomic mass is 9.84. The van der Waals surface area contributed by atoms with Gasteiger partial charge in [-0.3, -0.25) is 0 Å². The predicted octanol–water partition coefficient (Wildman–Crippen LogP) is 4.25. The molecule has 1 unspecified atom stereocenters. The van der Waals surface area contributed by atoms with Crippen molar-refractivity contribution in [3.8, 4) is 0 Å². The Morgan fingerprint density at radius 1 is 0.927 bits per heavy atom. The number of aryl methyl sites for hydroxylation is 1. The molecule has 41 heavy (non-hydrogen) atoms. The monoisotopic (exact) mass is 574 g/mol. The number of benzene rings is 3. The van der Waals surface area contributed by atoms with E-state index in [0.29, 0.717) is 24.0 Å². The summed E-state index contributed by atoms with van der Waals surface area (Å²) in [5, 5.41) is 27.8. The summed E-state index contributed by atoms with van der Waals surface area (Å²) in [7, 11) is 1.82. The molecule has 3 aromatic carbocycles. The molecule has 0 saturated carbocycles. The summed E-state index contributed by atoms with van der Waals surface area (Å²) in [6, 6.07) is 25.8. The van der Waals surface area contributed by atoms with Gasteiger partial charge in [-0.25, -0.2) is 9.48 Å². The van der Waals surface area contributed by atoms with Crippen LogP contribution in [0, 0.1) is 0 Å². The number of amides is 2. The van der Waals surface area contributed by atoms with Crippen LogP contribution in [0.25, 0.3) is 0 Å². The molecule has 1 aliphatic heterocycles. The van der Waals surface area contributed by atoms with Gasteiger partial charge in [0.2, 0.25) is 5.16 Å². The van der Waals surface area contributed by atoms with Crippen molar-refractivity contribution in [3.63, 3.8) is 0 Å². The maximum atomic E-state index is 11.8. The quantitative estimate of drug-likeness (QED) is 0.240. The fraction of sp³-hybridized carbons (Fsp3) is 0.333. The second-order valence-electron chi connectivity index (χ2n) is 9.75. The Morgan fingerprint density at radius 2 is 1.63 bits per heavy atom. The van der Waals surface area contributed by atoms with Crippen LogP contribution in [-0.4, -0.2) is 49.7 Å². The van der Waals surface area contributed by atoms with E-state index >= 15 is 0 Å².